The second-order valence-electron chi connectivity index (χ2n) is 1.24. The molecule has 1 aromatic rings. The van der Waals surface area contributed by atoms with Crippen molar-refractivity contribution in [1.82, 2.24) is 9.36 Å². The Morgan fingerprint density at radius 2 is 2.67 bits per heavy atom. The molecule has 0 bridgehead atoms. The van der Waals surface area contributed by atoms with Crippen LogP contribution in [-0.4, -0.2) is 20.4 Å². The topological polar surface area (TPSA) is 25.8 Å². The molecule has 1 heterocycles. The third kappa shape index (κ3) is 2.64. The number of alkyl halides is 1. The zero-order chi connectivity index (χ0) is 6.53. The number of halogens is 1. The van der Waals surface area contributed by atoms with Crippen LogP contribution in [0.15, 0.2) is 10.7 Å². The maximum absolute atomic E-state index is 4.00. The van der Waals surface area contributed by atoms with Crippen LogP contribution in [-0.2, 0) is 0 Å². The van der Waals surface area contributed by atoms with E-state index in [0.29, 0.717) is 0 Å². The average molecular weight is 225 g/mol. The molecule has 0 N–H and O–H groups in total. The molecule has 0 amide bonds. The molecule has 0 saturated heterocycles. The maximum atomic E-state index is 4.00. The standard InChI is InChI=1S/C4H5BrN2S2/c5-1-2-8-4-6-3-7-9-4/h3H,1-2H2. The van der Waals surface area contributed by atoms with Gasteiger partial charge in [-0.05, 0) is 11.5 Å². The summed E-state index contributed by atoms with van der Waals surface area (Å²) in [5, 5.41) is 1.01. The molecule has 0 saturated carbocycles. The van der Waals surface area contributed by atoms with Crippen molar-refractivity contribution in [2.45, 2.75) is 4.34 Å². The predicted molar refractivity (Wildman–Crippen MR) is 44.4 cm³/mol. The van der Waals surface area contributed by atoms with Crippen LogP contribution in [0.2, 0.25) is 0 Å². The summed E-state index contributed by atoms with van der Waals surface area (Å²) in [6.45, 7) is 0. The number of hydrogen-bond acceptors (Lipinski definition) is 4. The number of aromatic nitrogens is 2. The van der Waals surface area contributed by atoms with Gasteiger partial charge < -0.3 is 0 Å². The summed E-state index contributed by atoms with van der Waals surface area (Å²) >= 11 is 6.50. The molecule has 0 fully saturated rings. The Morgan fingerprint density at radius 1 is 1.78 bits per heavy atom. The molecular formula is C4H5BrN2S2. The van der Waals surface area contributed by atoms with Crippen molar-refractivity contribution in [3.63, 3.8) is 0 Å². The van der Waals surface area contributed by atoms with Gasteiger partial charge in [0.25, 0.3) is 0 Å². The van der Waals surface area contributed by atoms with E-state index in [2.05, 4.69) is 25.3 Å². The van der Waals surface area contributed by atoms with E-state index in [0.717, 1.165) is 15.4 Å². The van der Waals surface area contributed by atoms with Gasteiger partial charge in [0, 0.05) is 11.1 Å². The molecule has 1 rings (SSSR count). The fourth-order valence-electron chi connectivity index (χ4n) is 0.352. The fourth-order valence-corrected chi connectivity index (χ4v) is 2.08. The zero-order valence-electron chi connectivity index (χ0n) is 4.58. The molecule has 0 aliphatic rings. The second-order valence-corrected chi connectivity index (χ2v) is 4.16. The van der Waals surface area contributed by atoms with E-state index in [1.165, 1.54) is 11.5 Å². The van der Waals surface area contributed by atoms with E-state index in [4.69, 9.17) is 0 Å². The quantitative estimate of drug-likeness (QED) is 0.581. The van der Waals surface area contributed by atoms with Gasteiger partial charge in [0.05, 0.1) is 0 Å². The van der Waals surface area contributed by atoms with Gasteiger partial charge in [-0.15, -0.1) is 0 Å². The first-order valence-corrected chi connectivity index (χ1v) is 5.27. The number of hydrogen-bond donors (Lipinski definition) is 0. The normalized spacial score (nSPS) is 9.89. The highest BCUT2D eigenvalue weighted by molar-refractivity contribution is 9.09. The van der Waals surface area contributed by atoms with Crippen LogP contribution in [0, 0.1) is 0 Å². The minimum Gasteiger partial charge on any atom is -0.216 e. The third-order valence-electron chi connectivity index (χ3n) is 0.644. The molecule has 0 atom stereocenters. The summed E-state index contributed by atoms with van der Waals surface area (Å²) in [5.41, 5.74) is 0. The molecule has 0 aliphatic carbocycles. The van der Waals surface area contributed by atoms with Crippen molar-refractivity contribution < 1.29 is 0 Å². The molecule has 2 nitrogen and oxygen atoms in total. The van der Waals surface area contributed by atoms with Gasteiger partial charge in [-0.25, -0.2) is 4.98 Å². The molecule has 0 aromatic carbocycles. The Balaban J connectivity index is 2.30. The lowest BCUT2D eigenvalue weighted by Gasteiger charge is -1.86. The lowest BCUT2D eigenvalue weighted by molar-refractivity contribution is 1.21. The summed E-state index contributed by atoms with van der Waals surface area (Å²) in [7, 11) is 0. The lowest BCUT2D eigenvalue weighted by atomic mass is 11.0. The fraction of sp³-hybridized carbons (Fsp3) is 0.500. The minimum atomic E-state index is 1.01. The zero-order valence-corrected chi connectivity index (χ0v) is 7.80. The molecule has 0 radical (unpaired) electrons. The van der Waals surface area contributed by atoms with E-state index >= 15 is 0 Å². The van der Waals surface area contributed by atoms with Crippen molar-refractivity contribution in [2.24, 2.45) is 0 Å². The third-order valence-corrected chi connectivity index (χ3v) is 3.36. The van der Waals surface area contributed by atoms with Gasteiger partial charge in [-0.2, -0.15) is 4.37 Å². The van der Waals surface area contributed by atoms with E-state index in [-0.39, 0.29) is 0 Å². The molecule has 50 valence electrons. The number of rotatable bonds is 3. The van der Waals surface area contributed by atoms with Crippen LogP contribution in [0.25, 0.3) is 0 Å². The van der Waals surface area contributed by atoms with Crippen molar-refractivity contribution in [3.05, 3.63) is 6.33 Å². The number of thioether (sulfide) groups is 1. The Morgan fingerprint density at radius 3 is 3.22 bits per heavy atom. The molecule has 0 spiro atoms. The summed E-state index contributed by atoms with van der Waals surface area (Å²) in [4.78, 5) is 4.00. The first-order chi connectivity index (χ1) is 4.43. The number of nitrogens with zero attached hydrogens (tertiary/aromatic N) is 2. The Bertz CT molecular complexity index is 154. The van der Waals surface area contributed by atoms with Gasteiger partial charge in [-0.3, -0.25) is 0 Å². The van der Waals surface area contributed by atoms with Crippen LogP contribution < -0.4 is 0 Å². The molecule has 5 heteroatoms. The molecule has 0 unspecified atom stereocenters. The Hall–Kier alpha value is 0.390. The van der Waals surface area contributed by atoms with Gasteiger partial charge in [-0.1, -0.05) is 27.7 Å². The largest absolute Gasteiger partial charge is 0.216 e. The Kier molecular flexibility index (Phi) is 3.54. The van der Waals surface area contributed by atoms with Crippen molar-refractivity contribution >= 4 is 39.2 Å². The first-order valence-electron chi connectivity index (χ1n) is 2.39. The van der Waals surface area contributed by atoms with Crippen LogP contribution >= 0.6 is 39.2 Å². The van der Waals surface area contributed by atoms with Gasteiger partial charge in [0.2, 0.25) is 0 Å². The summed E-state index contributed by atoms with van der Waals surface area (Å²) in [6.07, 6.45) is 1.58. The maximum Gasteiger partial charge on any atom is 0.169 e. The average Bonchev–Trinajstić information content (AvgIpc) is 2.34. The first kappa shape index (κ1) is 7.50. The highest BCUT2D eigenvalue weighted by atomic mass is 79.9. The summed E-state index contributed by atoms with van der Waals surface area (Å²) < 4.78 is 4.92. The smallest absolute Gasteiger partial charge is 0.169 e. The Labute approximate surface area is 70.4 Å². The van der Waals surface area contributed by atoms with Crippen molar-refractivity contribution in [2.75, 3.05) is 11.1 Å². The lowest BCUT2D eigenvalue weighted by Crippen LogP contribution is -1.75. The van der Waals surface area contributed by atoms with Crippen LogP contribution in [0.3, 0.4) is 0 Å². The summed E-state index contributed by atoms with van der Waals surface area (Å²) in [6, 6.07) is 0. The van der Waals surface area contributed by atoms with Gasteiger partial charge in [0.15, 0.2) is 4.34 Å². The summed E-state index contributed by atoms with van der Waals surface area (Å²) in [5.74, 6) is 1.06. The highest BCUT2D eigenvalue weighted by Crippen LogP contribution is 2.17. The molecular weight excluding hydrogens is 220 g/mol. The minimum absolute atomic E-state index is 1.01. The van der Waals surface area contributed by atoms with Gasteiger partial charge in [0.1, 0.15) is 6.33 Å². The highest BCUT2D eigenvalue weighted by Gasteiger charge is 1.93. The van der Waals surface area contributed by atoms with Crippen LogP contribution in [0.5, 0.6) is 0 Å². The monoisotopic (exact) mass is 224 g/mol. The molecule has 0 aliphatic heterocycles. The van der Waals surface area contributed by atoms with Crippen molar-refractivity contribution in [3.8, 4) is 0 Å². The van der Waals surface area contributed by atoms with Crippen LogP contribution in [0.4, 0.5) is 0 Å². The predicted octanol–water partition coefficient (Wildman–Crippen LogP) is 2.03. The SMILES string of the molecule is BrCCSc1ncns1. The second kappa shape index (κ2) is 4.24. The van der Waals surface area contributed by atoms with E-state index in [1.807, 2.05) is 0 Å². The van der Waals surface area contributed by atoms with E-state index < -0.39 is 0 Å². The molecule has 1 aromatic heterocycles. The van der Waals surface area contributed by atoms with Crippen LogP contribution in [0.1, 0.15) is 0 Å². The van der Waals surface area contributed by atoms with Gasteiger partial charge >= 0.3 is 0 Å². The van der Waals surface area contributed by atoms with E-state index in [9.17, 15) is 0 Å². The molecule has 9 heavy (non-hydrogen) atoms. The van der Waals surface area contributed by atoms with E-state index in [1.54, 1.807) is 18.1 Å². The van der Waals surface area contributed by atoms with Crippen molar-refractivity contribution in [1.29, 1.82) is 0 Å².